The maximum absolute atomic E-state index is 12.7. The Hall–Kier alpha value is -3.01. The van der Waals surface area contributed by atoms with Gasteiger partial charge in [0.05, 0.1) is 18.8 Å². The third-order valence-electron chi connectivity index (χ3n) is 5.39. The van der Waals surface area contributed by atoms with Gasteiger partial charge < -0.3 is 20.1 Å². The van der Waals surface area contributed by atoms with Crippen molar-refractivity contribution in [2.45, 2.75) is 19.0 Å². The number of hydrogen-bond acceptors (Lipinski definition) is 6. The van der Waals surface area contributed by atoms with E-state index >= 15 is 0 Å². The molecule has 10 nitrogen and oxygen atoms in total. The zero-order valence-corrected chi connectivity index (χ0v) is 15.7. The molecule has 2 amide bonds. The largest absolute Gasteiger partial charge is 0.350 e. The summed E-state index contributed by atoms with van der Waals surface area (Å²) in [5.74, 6) is -0.323. The number of amides is 2. The van der Waals surface area contributed by atoms with Crippen molar-refractivity contribution >= 4 is 11.8 Å². The Morgan fingerprint density at radius 1 is 1.21 bits per heavy atom. The van der Waals surface area contributed by atoms with E-state index in [0.717, 1.165) is 13.1 Å². The fraction of sp³-hybridized carbons (Fsp3) is 0.500. The van der Waals surface area contributed by atoms with E-state index in [0.29, 0.717) is 18.7 Å². The molecule has 0 unspecified atom stereocenters. The maximum atomic E-state index is 12.7. The van der Waals surface area contributed by atoms with Crippen molar-refractivity contribution in [1.82, 2.24) is 35.1 Å². The van der Waals surface area contributed by atoms with Crippen LogP contribution in [0.3, 0.4) is 0 Å². The van der Waals surface area contributed by atoms with E-state index in [1.165, 1.54) is 10.6 Å². The molecule has 148 valence electrons. The molecule has 1 fully saturated rings. The lowest BCUT2D eigenvalue weighted by Crippen LogP contribution is -2.39. The minimum Gasteiger partial charge on any atom is -0.350 e. The van der Waals surface area contributed by atoms with Gasteiger partial charge >= 0.3 is 0 Å². The Morgan fingerprint density at radius 2 is 2.07 bits per heavy atom. The second-order valence-electron chi connectivity index (χ2n) is 7.31. The fourth-order valence-electron chi connectivity index (χ4n) is 3.73. The maximum Gasteiger partial charge on any atom is 0.263 e. The standard InChI is InChI=1S/C18H23N7O3/c1-23-6-4-20-17(27)14-3-2-5-24(18(14)28)10-13-11-25(22-21-13)15-9-19-8-12(15)7-16(23)26/h2-3,5,11-12,15,19H,4,6-10H2,1H3,(H,20,27)/t12-,15+/m0/s1. The molecule has 2 aliphatic heterocycles. The molecule has 2 N–H and O–H groups in total. The molecule has 0 aromatic carbocycles. The van der Waals surface area contributed by atoms with Crippen LogP contribution in [-0.4, -0.2) is 69.5 Å². The Bertz CT molecular complexity index is 951. The number of nitrogens with one attached hydrogen (secondary N) is 2. The summed E-state index contributed by atoms with van der Waals surface area (Å²) >= 11 is 0. The lowest BCUT2D eigenvalue weighted by atomic mass is 9.99. The number of aromatic nitrogens is 4. The Kier molecular flexibility index (Phi) is 4.95. The van der Waals surface area contributed by atoms with Crippen LogP contribution in [0.15, 0.2) is 29.3 Å². The molecule has 4 rings (SSSR count). The van der Waals surface area contributed by atoms with Gasteiger partial charge in [-0.2, -0.15) is 0 Å². The topological polar surface area (TPSA) is 114 Å². The molecule has 4 bridgehead atoms. The van der Waals surface area contributed by atoms with Crippen molar-refractivity contribution in [3.05, 3.63) is 46.1 Å². The van der Waals surface area contributed by atoms with E-state index in [-0.39, 0.29) is 42.1 Å². The number of pyridine rings is 1. The molecular formula is C18H23N7O3. The van der Waals surface area contributed by atoms with Gasteiger partial charge in [0.15, 0.2) is 0 Å². The van der Waals surface area contributed by atoms with Gasteiger partial charge in [0, 0.05) is 51.8 Å². The highest BCUT2D eigenvalue weighted by atomic mass is 16.2. The van der Waals surface area contributed by atoms with Crippen molar-refractivity contribution in [3.8, 4) is 0 Å². The van der Waals surface area contributed by atoms with Crippen LogP contribution in [0.4, 0.5) is 0 Å². The fourth-order valence-corrected chi connectivity index (χ4v) is 3.73. The van der Waals surface area contributed by atoms with E-state index in [4.69, 9.17) is 0 Å². The number of nitrogens with zero attached hydrogens (tertiary/aromatic N) is 5. The van der Waals surface area contributed by atoms with E-state index in [2.05, 4.69) is 20.9 Å². The predicted octanol–water partition coefficient (Wildman–Crippen LogP) is -1.16. The smallest absolute Gasteiger partial charge is 0.263 e. The van der Waals surface area contributed by atoms with Crippen molar-refractivity contribution in [2.75, 3.05) is 33.2 Å². The van der Waals surface area contributed by atoms with Gasteiger partial charge in [-0.05, 0) is 12.1 Å². The van der Waals surface area contributed by atoms with Crippen molar-refractivity contribution in [3.63, 3.8) is 0 Å². The summed E-state index contributed by atoms with van der Waals surface area (Å²) in [7, 11) is 1.72. The molecule has 0 radical (unpaired) electrons. The van der Waals surface area contributed by atoms with E-state index in [9.17, 15) is 14.4 Å². The molecule has 2 aromatic rings. The van der Waals surface area contributed by atoms with Crippen LogP contribution in [0, 0.1) is 5.92 Å². The number of carbonyl (C=O) groups is 2. The molecule has 4 heterocycles. The lowest BCUT2D eigenvalue weighted by molar-refractivity contribution is -0.131. The summed E-state index contributed by atoms with van der Waals surface area (Å²) in [5, 5.41) is 14.4. The normalized spacial score (nSPS) is 23.4. The SMILES string of the molecule is CN1CCNC(=O)c2cccn(c2=O)Cc2cn(nn2)[C@@H]2CNC[C@@H]2CC1=O. The highest BCUT2D eigenvalue weighted by Gasteiger charge is 2.32. The van der Waals surface area contributed by atoms with Crippen molar-refractivity contribution < 1.29 is 9.59 Å². The first-order chi connectivity index (χ1) is 13.5. The summed E-state index contributed by atoms with van der Waals surface area (Å²) in [6.45, 7) is 2.34. The molecular weight excluding hydrogens is 362 g/mol. The zero-order chi connectivity index (χ0) is 19.7. The molecule has 2 aliphatic rings. The van der Waals surface area contributed by atoms with E-state index in [1.807, 2.05) is 6.20 Å². The van der Waals surface area contributed by atoms with Gasteiger partial charge in [-0.1, -0.05) is 5.21 Å². The quantitative estimate of drug-likeness (QED) is 0.591. The number of likely N-dealkylation sites (N-methyl/N-ethyl adjacent to an activating group) is 1. The third-order valence-corrected chi connectivity index (χ3v) is 5.39. The molecule has 2 aromatic heterocycles. The number of fused-ring (bicyclic) bond motifs is 6. The van der Waals surface area contributed by atoms with E-state index in [1.54, 1.807) is 28.9 Å². The van der Waals surface area contributed by atoms with Gasteiger partial charge in [-0.3, -0.25) is 14.4 Å². The molecule has 10 heteroatoms. The molecule has 28 heavy (non-hydrogen) atoms. The summed E-state index contributed by atoms with van der Waals surface area (Å²) in [6.07, 6.45) is 3.84. The van der Waals surface area contributed by atoms with Crippen LogP contribution < -0.4 is 16.2 Å². The van der Waals surface area contributed by atoms with Crippen LogP contribution >= 0.6 is 0 Å². The summed E-state index contributed by atoms with van der Waals surface area (Å²) < 4.78 is 3.23. The van der Waals surface area contributed by atoms with Crippen molar-refractivity contribution in [1.29, 1.82) is 0 Å². The molecule has 1 saturated heterocycles. The predicted molar refractivity (Wildman–Crippen MR) is 99.8 cm³/mol. The van der Waals surface area contributed by atoms with Gasteiger partial charge in [0.1, 0.15) is 11.3 Å². The first-order valence-electron chi connectivity index (χ1n) is 9.36. The van der Waals surface area contributed by atoms with Gasteiger partial charge in [-0.25, -0.2) is 4.68 Å². The first-order valence-corrected chi connectivity index (χ1v) is 9.36. The van der Waals surface area contributed by atoms with Crippen LogP contribution in [-0.2, 0) is 11.3 Å². The van der Waals surface area contributed by atoms with Crippen LogP contribution in [0.5, 0.6) is 0 Å². The van der Waals surface area contributed by atoms with Crippen LogP contribution in [0.25, 0.3) is 0 Å². The average molecular weight is 385 g/mol. The van der Waals surface area contributed by atoms with Crippen LogP contribution in [0.1, 0.15) is 28.5 Å². The number of hydrogen-bond donors (Lipinski definition) is 2. The van der Waals surface area contributed by atoms with E-state index < -0.39 is 5.91 Å². The van der Waals surface area contributed by atoms with Gasteiger partial charge in [0.25, 0.3) is 11.5 Å². The highest BCUT2D eigenvalue weighted by molar-refractivity contribution is 5.93. The average Bonchev–Trinajstić information content (AvgIpc) is 3.31. The Balaban J connectivity index is 1.69. The number of carbonyl (C=O) groups excluding carboxylic acids is 2. The minimum absolute atomic E-state index is 0.0162. The summed E-state index contributed by atoms with van der Waals surface area (Å²) in [4.78, 5) is 39.2. The van der Waals surface area contributed by atoms with Crippen molar-refractivity contribution in [2.24, 2.45) is 5.92 Å². The molecule has 0 aliphatic carbocycles. The lowest BCUT2D eigenvalue weighted by Gasteiger charge is -2.22. The zero-order valence-electron chi connectivity index (χ0n) is 15.7. The molecule has 2 atom stereocenters. The van der Waals surface area contributed by atoms with Gasteiger partial charge in [-0.15, -0.1) is 5.10 Å². The minimum atomic E-state index is -0.448. The summed E-state index contributed by atoms with van der Waals surface area (Å²) in [6, 6.07) is 3.20. The Morgan fingerprint density at radius 3 is 2.93 bits per heavy atom. The molecule has 0 saturated carbocycles. The first kappa shape index (κ1) is 18.4. The summed E-state index contributed by atoms with van der Waals surface area (Å²) in [5.41, 5.74) is 0.309. The molecule has 0 spiro atoms. The van der Waals surface area contributed by atoms with Crippen LogP contribution in [0.2, 0.25) is 0 Å². The third kappa shape index (κ3) is 3.55. The van der Waals surface area contributed by atoms with Gasteiger partial charge in [0.2, 0.25) is 5.91 Å². The second kappa shape index (κ2) is 7.55. The monoisotopic (exact) mass is 385 g/mol. The Labute approximate surface area is 161 Å². The number of rotatable bonds is 0. The second-order valence-corrected chi connectivity index (χ2v) is 7.31. The highest BCUT2D eigenvalue weighted by Crippen LogP contribution is 2.25.